The van der Waals surface area contributed by atoms with E-state index < -0.39 is 11.6 Å². The topological polar surface area (TPSA) is 107 Å². The Balaban J connectivity index is 1.41. The molecule has 1 aliphatic rings. The van der Waals surface area contributed by atoms with Gasteiger partial charge >= 0.3 is 6.03 Å². The van der Waals surface area contributed by atoms with Crippen molar-refractivity contribution in [2.24, 2.45) is 0 Å². The Labute approximate surface area is 214 Å². The van der Waals surface area contributed by atoms with Crippen molar-refractivity contribution in [1.82, 2.24) is 20.4 Å². The number of hydrogen-bond acceptors (Lipinski definition) is 7. The van der Waals surface area contributed by atoms with Crippen molar-refractivity contribution in [2.75, 3.05) is 14.2 Å². The first-order valence-electron chi connectivity index (χ1n) is 11.8. The van der Waals surface area contributed by atoms with Crippen molar-refractivity contribution in [2.45, 2.75) is 24.9 Å². The Hall–Kier alpha value is -4.66. The zero-order valence-corrected chi connectivity index (χ0v) is 20.5. The fourth-order valence-electron chi connectivity index (χ4n) is 4.56. The van der Waals surface area contributed by atoms with Gasteiger partial charge in [0, 0.05) is 18.9 Å². The number of methoxy groups -OCH3 is 2. The number of imide groups is 1. The summed E-state index contributed by atoms with van der Waals surface area (Å²) in [6.07, 6.45) is 0.698. The molecule has 2 heterocycles. The minimum absolute atomic E-state index is 0.131. The highest BCUT2D eigenvalue weighted by Crippen LogP contribution is 2.32. The van der Waals surface area contributed by atoms with Gasteiger partial charge in [0.25, 0.3) is 5.91 Å². The summed E-state index contributed by atoms with van der Waals surface area (Å²) in [7, 11) is 3.10. The first kappa shape index (κ1) is 24.1. The van der Waals surface area contributed by atoms with Crippen LogP contribution in [0, 0.1) is 0 Å². The van der Waals surface area contributed by atoms with Gasteiger partial charge in [0.15, 0.2) is 0 Å². The molecule has 1 saturated heterocycles. The van der Waals surface area contributed by atoms with E-state index in [-0.39, 0.29) is 24.2 Å². The van der Waals surface area contributed by atoms with Crippen LogP contribution in [0.3, 0.4) is 0 Å². The van der Waals surface area contributed by atoms with Gasteiger partial charge < -0.3 is 19.3 Å². The van der Waals surface area contributed by atoms with Crippen molar-refractivity contribution in [1.29, 1.82) is 0 Å². The molecule has 0 radical (unpaired) electrons. The maximum Gasteiger partial charge on any atom is 0.325 e. The molecule has 9 heteroatoms. The number of hydrogen-bond donors (Lipinski definition) is 1. The molecule has 0 saturated carbocycles. The number of nitrogens with one attached hydrogen (secondary N) is 1. The third-order valence-corrected chi connectivity index (χ3v) is 6.35. The standard InChI is InChI=1S/C28H26N4O5/c1-35-21-13-14-22(23(15-21)36-2)25-29-24(37-31-25)18-32-26(33)28(30-27(32)34,16-19-9-5-3-6-10-19)17-20-11-7-4-8-12-20/h3-15H,16-18H2,1-2H3,(H,30,34). The van der Waals surface area contributed by atoms with Crippen LogP contribution in [0.4, 0.5) is 4.79 Å². The van der Waals surface area contributed by atoms with Crippen molar-refractivity contribution < 1.29 is 23.6 Å². The van der Waals surface area contributed by atoms with Gasteiger partial charge in [-0.15, -0.1) is 0 Å². The normalized spacial score (nSPS) is 14.5. The molecule has 1 aromatic heterocycles. The predicted octanol–water partition coefficient (Wildman–Crippen LogP) is 4.03. The molecule has 37 heavy (non-hydrogen) atoms. The lowest BCUT2D eigenvalue weighted by atomic mass is 9.84. The lowest BCUT2D eigenvalue weighted by Gasteiger charge is -2.27. The molecule has 1 fully saturated rings. The second-order valence-corrected chi connectivity index (χ2v) is 8.81. The highest BCUT2D eigenvalue weighted by atomic mass is 16.5. The highest BCUT2D eigenvalue weighted by Gasteiger charge is 2.51. The fourth-order valence-corrected chi connectivity index (χ4v) is 4.56. The van der Waals surface area contributed by atoms with Crippen LogP contribution >= 0.6 is 0 Å². The molecule has 5 rings (SSSR count). The van der Waals surface area contributed by atoms with E-state index in [4.69, 9.17) is 14.0 Å². The van der Waals surface area contributed by atoms with Gasteiger partial charge in [0.2, 0.25) is 11.7 Å². The zero-order chi connectivity index (χ0) is 25.8. The summed E-state index contributed by atoms with van der Waals surface area (Å²) in [6, 6.07) is 24.0. The Bertz CT molecular complexity index is 1360. The van der Waals surface area contributed by atoms with E-state index in [1.165, 1.54) is 7.11 Å². The summed E-state index contributed by atoms with van der Waals surface area (Å²) < 4.78 is 16.1. The SMILES string of the molecule is COc1ccc(-c2noc(CN3C(=O)NC(Cc4ccccc4)(Cc4ccccc4)C3=O)n2)c(OC)c1. The lowest BCUT2D eigenvalue weighted by Crippen LogP contribution is -2.51. The van der Waals surface area contributed by atoms with Crippen LogP contribution < -0.4 is 14.8 Å². The molecule has 1 N–H and O–H groups in total. The number of amides is 3. The van der Waals surface area contributed by atoms with Crippen molar-refractivity contribution in [3.63, 3.8) is 0 Å². The Kier molecular flexibility index (Phi) is 6.59. The van der Waals surface area contributed by atoms with E-state index in [1.807, 2.05) is 60.7 Å². The zero-order valence-electron chi connectivity index (χ0n) is 20.5. The molecule has 3 amide bonds. The van der Waals surface area contributed by atoms with Gasteiger partial charge in [-0.25, -0.2) is 4.79 Å². The molecular weight excluding hydrogens is 472 g/mol. The predicted molar refractivity (Wildman–Crippen MR) is 135 cm³/mol. The smallest absolute Gasteiger partial charge is 0.325 e. The minimum atomic E-state index is -1.14. The summed E-state index contributed by atoms with van der Waals surface area (Å²) in [5.41, 5.74) is 1.35. The molecule has 1 aliphatic heterocycles. The average molecular weight is 499 g/mol. The molecule has 188 valence electrons. The van der Waals surface area contributed by atoms with Crippen LogP contribution in [-0.2, 0) is 24.2 Å². The van der Waals surface area contributed by atoms with E-state index in [2.05, 4.69) is 15.5 Å². The molecular formula is C28H26N4O5. The summed E-state index contributed by atoms with van der Waals surface area (Å²) >= 11 is 0. The molecule has 0 aliphatic carbocycles. The molecule has 0 atom stereocenters. The van der Waals surface area contributed by atoms with Crippen LogP contribution in [0.1, 0.15) is 17.0 Å². The number of rotatable bonds is 9. The molecule has 0 unspecified atom stereocenters. The van der Waals surface area contributed by atoms with Crippen LogP contribution in [0.25, 0.3) is 11.4 Å². The van der Waals surface area contributed by atoms with Crippen LogP contribution in [-0.4, -0.2) is 46.7 Å². The fraction of sp³-hybridized carbons (Fsp3) is 0.214. The third-order valence-electron chi connectivity index (χ3n) is 6.35. The van der Waals surface area contributed by atoms with Crippen molar-refractivity contribution in [3.8, 4) is 22.9 Å². The monoisotopic (exact) mass is 498 g/mol. The first-order valence-corrected chi connectivity index (χ1v) is 11.8. The Morgan fingerprint density at radius 1 is 0.892 bits per heavy atom. The maximum atomic E-state index is 13.8. The molecule has 0 spiro atoms. The van der Waals surface area contributed by atoms with E-state index >= 15 is 0 Å². The van der Waals surface area contributed by atoms with Gasteiger partial charge in [-0.2, -0.15) is 4.98 Å². The number of carbonyl (C=O) groups is 2. The molecule has 0 bridgehead atoms. The number of benzene rings is 3. The third kappa shape index (κ3) is 4.88. The van der Waals surface area contributed by atoms with Crippen LogP contribution in [0.5, 0.6) is 11.5 Å². The Morgan fingerprint density at radius 3 is 2.14 bits per heavy atom. The van der Waals surface area contributed by atoms with Crippen LogP contribution in [0.2, 0.25) is 0 Å². The van der Waals surface area contributed by atoms with E-state index in [0.717, 1.165) is 16.0 Å². The first-order chi connectivity index (χ1) is 18.0. The summed E-state index contributed by atoms with van der Waals surface area (Å²) in [5.74, 6) is 1.20. The number of ether oxygens (including phenoxy) is 2. The second-order valence-electron chi connectivity index (χ2n) is 8.81. The summed E-state index contributed by atoms with van der Waals surface area (Å²) in [5, 5.41) is 7.01. The van der Waals surface area contributed by atoms with E-state index in [1.54, 1.807) is 25.3 Å². The number of urea groups is 1. The Morgan fingerprint density at radius 2 is 1.54 bits per heavy atom. The number of nitrogens with zero attached hydrogens (tertiary/aromatic N) is 3. The van der Waals surface area contributed by atoms with Gasteiger partial charge in [-0.05, 0) is 23.3 Å². The average Bonchev–Trinajstić information content (AvgIpc) is 3.48. The van der Waals surface area contributed by atoms with E-state index in [9.17, 15) is 9.59 Å². The largest absolute Gasteiger partial charge is 0.497 e. The maximum absolute atomic E-state index is 13.8. The van der Waals surface area contributed by atoms with Gasteiger partial charge in [-0.3, -0.25) is 9.69 Å². The molecule has 9 nitrogen and oxygen atoms in total. The molecule has 4 aromatic rings. The number of carbonyl (C=O) groups excluding carboxylic acids is 2. The van der Waals surface area contributed by atoms with Gasteiger partial charge in [0.05, 0.1) is 19.8 Å². The highest BCUT2D eigenvalue weighted by molar-refractivity contribution is 6.07. The lowest BCUT2D eigenvalue weighted by molar-refractivity contribution is -0.132. The van der Waals surface area contributed by atoms with Gasteiger partial charge in [0.1, 0.15) is 23.6 Å². The quantitative estimate of drug-likeness (QED) is 0.347. The van der Waals surface area contributed by atoms with Crippen molar-refractivity contribution in [3.05, 3.63) is 95.9 Å². The second kappa shape index (κ2) is 10.1. The summed E-state index contributed by atoms with van der Waals surface area (Å²) in [4.78, 5) is 32.5. The minimum Gasteiger partial charge on any atom is -0.497 e. The van der Waals surface area contributed by atoms with Crippen LogP contribution in [0.15, 0.2) is 83.4 Å². The summed E-state index contributed by atoms with van der Waals surface area (Å²) in [6.45, 7) is -0.151. The number of aromatic nitrogens is 2. The van der Waals surface area contributed by atoms with E-state index in [0.29, 0.717) is 29.9 Å². The van der Waals surface area contributed by atoms with Crippen molar-refractivity contribution >= 4 is 11.9 Å². The molecule has 3 aromatic carbocycles. The van der Waals surface area contributed by atoms with Gasteiger partial charge in [-0.1, -0.05) is 65.8 Å².